The minimum absolute atomic E-state index is 0.0834. The van der Waals surface area contributed by atoms with E-state index in [2.05, 4.69) is 16.6 Å². The summed E-state index contributed by atoms with van der Waals surface area (Å²) < 4.78 is 5.86. The summed E-state index contributed by atoms with van der Waals surface area (Å²) in [6.07, 6.45) is 12.1. The van der Waals surface area contributed by atoms with Gasteiger partial charge in [0.1, 0.15) is 17.1 Å². The van der Waals surface area contributed by atoms with Gasteiger partial charge in [-0.3, -0.25) is 28.8 Å². The van der Waals surface area contributed by atoms with Gasteiger partial charge in [0, 0.05) is 38.2 Å². The number of hydrogen-bond acceptors (Lipinski definition) is 10. The van der Waals surface area contributed by atoms with Crippen molar-refractivity contribution in [2.75, 3.05) is 13.7 Å². The second-order valence-corrected chi connectivity index (χ2v) is 17.6. The molecule has 324 valence electrons. The largest absolute Gasteiger partial charge is 0.481 e. The van der Waals surface area contributed by atoms with Crippen molar-refractivity contribution in [2.24, 2.45) is 17.3 Å². The number of ether oxygens (including phenoxy) is 1. The number of carbonyl (C=O) groups is 5. The average molecular weight is 836 g/mol. The number of carboxylic acids is 1. The van der Waals surface area contributed by atoms with Crippen LogP contribution in [0, 0.1) is 36.5 Å². The van der Waals surface area contributed by atoms with Gasteiger partial charge in [0.25, 0.3) is 5.91 Å². The van der Waals surface area contributed by atoms with Crippen molar-refractivity contribution in [1.82, 2.24) is 25.6 Å². The van der Waals surface area contributed by atoms with E-state index in [-0.39, 0.29) is 49.5 Å². The number of aromatic nitrogens is 1. The number of rotatable bonds is 23. The van der Waals surface area contributed by atoms with E-state index >= 15 is 0 Å². The fraction of sp³-hybridized carbons (Fsp3) is 0.600. The molecule has 3 amide bonds. The maximum absolute atomic E-state index is 14.7. The molecule has 59 heavy (non-hydrogen) atoms. The van der Waals surface area contributed by atoms with E-state index in [1.54, 1.807) is 19.2 Å². The number of carbonyl (C=O) groups excluding carboxylic acids is 4. The molecule has 0 spiro atoms. The minimum Gasteiger partial charge on any atom is -0.481 e. The molecule has 0 bridgehead atoms. The predicted molar refractivity (Wildman–Crippen MR) is 229 cm³/mol. The summed E-state index contributed by atoms with van der Waals surface area (Å²) in [5.41, 5.74) is 1.44. The first-order valence-corrected chi connectivity index (χ1v) is 21.5. The lowest BCUT2D eigenvalue weighted by Crippen LogP contribution is -2.58. The number of thiazole rings is 1. The number of hydrogen-bond donors (Lipinski definition) is 3. The van der Waals surface area contributed by atoms with Crippen LogP contribution in [0.5, 0.6) is 0 Å². The van der Waals surface area contributed by atoms with Crippen molar-refractivity contribution in [3.8, 4) is 12.3 Å². The molecule has 13 nitrogen and oxygen atoms in total. The van der Waals surface area contributed by atoms with Crippen LogP contribution < -0.4 is 10.6 Å². The van der Waals surface area contributed by atoms with Crippen LogP contribution in [0.4, 0.5) is 0 Å². The number of likely N-dealkylation sites (N-methyl/N-ethyl adjacent to an activating group) is 1. The first kappa shape index (κ1) is 48.6. The Morgan fingerprint density at radius 2 is 1.83 bits per heavy atom. The van der Waals surface area contributed by atoms with Gasteiger partial charge in [0.2, 0.25) is 11.8 Å². The Morgan fingerprint density at radius 1 is 1.14 bits per heavy atom. The third-order valence-corrected chi connectivity index (χ3v) is 11.7. The van der Waals surface area contributed by atoms with Crippen molar-refractivity contribution >= 4 is 41.0 Å². The first-order valence-electron chi connectivity index (χ1n) is 20.6. The summed E-state index contributed by atoms with van der Waals surface area (Å²) >= 11 is 1.24. The lowest BCUT2D eigenvalue weighted by atomic mass is 9.84. The quantitative estimate of drug-likeness (QED) is 0.0483. The molecule has 0 aliphatic carbocycles. The van der Waals surface area contributed by atoms with Gasteiger partial charge in [-0.1, -0.05) is 70.0 Å². The Hall–Kier alpha value is -4.74. The molecule has 3 rings (SSSR count). The third-order valence-electron chi connectivity index (χ3n) is 10.8. The van der Waals surface area contributed by atoms with E-state index in [0.29, 0.717) is 42.8 Å². The van der Waals surface area contributed by atoms with Crippen molar-refractivity contribution in [1.29, 1.82) is 0 Å². The van der Waals surface area contributed by atoms with Crippen LogP contribution in [-0.2, 0) is 46.4 Å². The summed E-state index contributed by atoms with van der Waals surface area (Å²) in [7, 11) is 1.84. The standard InChI is InChI=1S/C45H65N5O8S/c1-11-13-16-23-57-50(43(54)40(31(6)12-2)48-41(53)36-17-14-15-22-49(36)10)37(29(3)4)26-38(58-32(7)51)42-47-35(28-59-42)25-39(52)46-34(27-45(8,9)44(55)56)24-33-20-18-30(5)19-21-33/h1,15,18-22,28-29,31,34,36-38,40H,12-14,16-17,23-27H2,2-10H3,(H,46,52)(H,48,53)(H,55,56)/t31-,34-,36+,37+,38+,40-/m0/s1. The summed E-state index contributed by atoms with van der Waals surface area (Å²) in [5, 5.41) is 19.5. The number of carboxylic acid groups (broad SMARTS) is 1. The van der Waals surface area contributed by atoms with Gasteiger partial charge in [-0.15, -0.1) is 23.7 Å². The number of aryl methyl sites for hydroxylation is 1. The number of hydroxylamine groups is 2. The summed E-state index contributed by atoms with van der Waals surface area (Å²) in [4.78, 5) is 79.3. The highest BCUT2D eigenvalue weighted by molar-refractivity contribution is 7.09. The molecule has 0 radical (unpaired) electrons. The topological polar surface area (TPSA) is 167 Å². The van der Waals surface area contributed by atoms with Gasteiger partial charge < -0.3 is 25.4 Å². The van der Waals surface area contributed by atoms with Crippen LogP contribution >= 0.6 is 11.3 Å². The van der Waals surface area contributed by atoms with Crippen LogP contribution in [0.1, 0.15) is 121 Å². The van der Waals surface area contributed by atoms with Gasteiger partial charge in [0.15, 0.2) is 6.10 Å². The van der Waals surface area contributed by atoms with Crippen molar-refractivity contribution in [2.45, 2.75) is 143 Å². The van der Waals surface area contributed by atoms with Crippen molar-refractivity contribution in [3.63, 3.8) is 0 Å². The highest BCUT2D eigenvalue weighted by atomic mass is 32.1. The van der Waals surface area contributed by atoms with Crippen LogP contribution in [0.25, 0.3) is 0 Å². The van der Waals surface area contributed by atoms with Crippen molar-refractivity contribution < 1.29 is 38.7 Å². The molecule has 6 atom stereocenters. The highest BCUT2D eigenvalue weighted by Crippen LogP contribution is 2.32. The highest BCUT2D eigenvalue weighted by Gasteiger charge is 2.40. The van der Waals surface area contributed by atoms with Crippen molar-refractivity contribution in [3.05, 3.63) is 63.7 Å². The molecule has 1 aliphatic rings. The summed E-state index contributed by atoms with van der Waals surface area (Å²) in [5.74, 6) is -0.307. The number of benzene rings is 1. The molecule has 1 aromatic carbocycles. The van der Waals surface area contributed by atoms with E-state index in [4.69, 9.17) is 21.0 Å². The Balaban J connectivity index is 1.89. The fourth-order valence-corrected chi connectivity index (χ4v) is 7.85. The van der Waals surface area contributed by atoms with E-state index in [1.807, 2.05) is 83.1 Å². The van der Waals surface area contributed by atoms with E-state index < -0.39 is 53.5 Å². The molecule has 1 aromatic heterocycles. The van der Waals surface area contributed by atoms with E-state index in [0.717, 1.165) is 17.5 Å². The maximum atomic E-state index is 14.7. The zero-order valence-corrected chi connectivity index (χ0v) is 37.1. The molecular formula is C45H65N5O8S. The zero-order chi connectivity index (χ0) is 43.9. The molecule has 1 aliphatic heterocycles. The lowest BCUT2D eigenvalue weighted by Gasteiger charge is -2.38. The molecule has 0 unspecified atom stereocenters. The van der Waals surface area contributed by atoms with Gasteiger partial charge in [-0.05, 0) is 76.5 Å². The number of terminal acetylenes is 1. The monoisotopic (exact) mass is 835 g/mol. The SMILES string of the molecule is C#CCCCON(C(=O)[C@@H](NC(=O)[C@H]1CCC=CN1C)[C@@H](C)CC)[C@H](C[C@@H](OC(C)=O)c1nc(CC(=O)N[C@@H](Cc2ccc(C)cc2)CC(C)(C)C(=O)O)cs1)C(C)C. The van der Waals surface area contributed by atoms with Gasteiger partial charge in [0.05, 0.1) is 30.2 Å². The molecule has 14 heteroatoms. The number of allylic oxidation sites excluding steroid dienone is 1. The molecule has 3 N–H and O–H groups in total. The van der Waals surface area contributed by atoms with Gasteiger partial charge in [-0.25, -0.2) is 10.0 Å². The van der Waals surface area contributed by atoms with Crippen LogP contribution in [-0.4, -0.2) is 87.5 Å². The Morgan fingerprint density at radius 3 is 2.42 bits per heavy atom. The average Bonchev–Trinajstić information content (AvgIpc) is 3.63. The molecule has 0 saturated carbocycles. The number of amides is 3. The molecule has 2 aromatic rings. The van der Waals surface area contributed by atoms with Crippen LogP contribution in [0.2, 0.25) is 0 Å². The Kier molecular flexibility index (Phi) is 19.1. The first-order chi connectivity index (χ1) is 27.9. The summed E-state index contributed by atoms with van der Waals surface area (Å²) in [6, 6.07) is 5.51. The van der Waals surface area contributed by atoms with Gasteiger partial charge in [-0.2, -0.15) is 0 Å². The minimum atomic E-state index is -1.08. The number of aliphatic carboxylic acids is 1. The predicted octanol–water partition coefficient (Wildman–Crippen LogP) is 6.55. The number of unbranched alkanes of at least 4 members (excludes halogenated alkanes) is 1. The maximum Gasteiger partial charge on any atom is 0.309 e. The normalized spacial score (nSPS) is 16.6. The second kappa shape index (κ2) is 23.2. The fourth-order valence-electron chi connectivity index (χ4n) is 6.99. The van der Waals surface area contributed by atoms with Crippen LogP contribution in [0.15, 0.2) is 41.9 Å². The third kappa shape index (κ3) is 15.1. The molecular weight excluding hydrogens is 771 g/mol. The molecule has 0 saturated heterocycles. The smallest absolute Gasteiger partial charge is 0.309 e. The molecule has 2 heterocycles. The Labute approximate surface area is 354 Å². The van der Waals surface area contributed by atoms with E-state index in [1.165, 1.54) is 23.3 Å². The van der Waals surface area contributed by atoms with E-state index in [9.17, 15) is 29.1 Å². The Bertz CT molecular complexity index is 1780. The van der Waals surface area contributed by atoms with Gasteiger partial charge >= 0.3 is 11.9 Å². The zero-order valence-electron chi connectivity index (χ0n) is 36.3. The lowest BCUT2D eigenvalue weighted by molar-refractivity contribution is -0.213. The number of esters is 1. The number of nitrogens with one attached hydrogen (secondary N) is 2. The molecule has 0 fully saturated rings. The van der Waals surface area contributed by atoms with Crippen LogP contribution in [0.3, 0.4) is 0 Å². The summed E-state index contributed by atoms with van der Waals surface area (Å²) in [6.45, 7) is 14.5. The second-order valence-electron chi connectivity index (χ2n) is 16.7. The number of nitrogens with zero attached hydrogens (tertiary/aromatic N) is 3.